The van der Waals surface area contributed by atoms with E-state index in [4.69, 9.17) is 17.2 Å². The van der Waals surface area contributed by atoms with Gasteiger partial charge in [-0.05, 0) is 94.7 Å². The summed E-state index contributed by atoms with van der Waals surface area (Å²) in [5.41, 5.74) is 18.8. The highest BCUT2D eigenvalue weighted by Crippen LogP contribution is 2.20. The zero-order valence-electron chi connectivity index (χ0n) is 47.5. The first-order valence-electron chi connectivity index (χ1n) is 27.2. The largest absolute Gasteiger partial charge is 0.481 e. The van der Waals surface area contributed by atoms with Crippen molar-refractivity contribution in [3.05, 3.63) is 35.4 Å². The van der Waals surface area contributed by atoms with Gasteiger partial charge in [0, 0.05) is 29.4 Å². The molecule has 12 atom stereocenters. The molecule has 2 bridgehead atoms. The van der Waals surface area contributed by atoms with Crippen molar-refractivity contribution >= 4 is 88.6 Å². The lowest BCUT2D eigenvalue weighted by Gasteiger charge is -2.30. The number of unbranched alkanes of at least 4 members (excludes halogenated alkanes) is 1. The molecule has 0 fully saturated rings. The topological polar surface area (TPSA) is 415 Å². The fourth-order valence-electron chi connectivity index (χ4n) is 8.14. The molecule has 1 aliphatic heterocycles. The Morgan fingerprint density at radius 1 is 0.700 bits per heavy atom. The van der Waals surface area contributed by atoms with Crippen LogP contribution in [0.15, 0.2) is 24.3 Å². The van der Waals surface area contributed by atoms with Gasteiger partial charge in [0.15, 0.2) is 0 Å². The van der Waals surface area contributed by atoms with E-state index >= 15 is 0 Å². The van der Waals surface area contributed by atoms with E-state index in [1.165, 1.54) is 44.3 Å². The molecule has 0 spiro atoms. The number of carboxylic acids is 1. The summed E-state index contributed by atoms with van der Waals surface area (Å²) < 4.78 is 0. The van der Waals surface area contributed by atoms with Gasteiger partial charge in [0.25, 0.3) is 0 Å². The number of thioether (sulfide) groups is 2. The monoisotopic (exact) mass is 1160 g/mol. The van der Waals surface area contributed by atoms with Crippen LogP contribution in [0.4, 0.5) is 0 Å². The number of rotatable bonds is 25. The minimum absolute atomic E-state index is 0.0200. The molecule has 450 valence electrons. The second kappa shape index (κ2) is 35.6. The lowest BCUT2D eigenvalue weighted by Crippen LogP contribution is -2.61. The molecule has 1 aliphatic rings. The van der Waals surface area contributed by atoms with Gasteiger partial charge in [0.2, 0.25) is 59.1 Å². The van der Waals surface area contributed by atoms with Gasteiger partial charge in [-0.25, -0.2) is 0 Å². The molecule has 0 aliphatic carbocycles. The Morgan fingerprint density at radius 3 is 1.82 bits per heavy atom. The third-order valence-corrected chi connectivity index (χ3v) is 15.2. The molecule has 27 heteroatoms. The molecule has 0 radical (unpaired) electrons. The Labute approximate surface area is 477 Å². The SMILES string of the molecule is CC[C@H](C)[C@@H]1NC(=O)[C@H](CC(C)C)NC(=O)[C@@H](NC(=O)[C@H](CCC(=O)O)NC(=O)[C@H](CCCCN)NC(=O)[C@H](CC(C)C)NC(=O)[C@@H](NC(=O)[C@H](C)N)[C@@H](C)O)CSCc2cccc(c2)CSC[C@@H](C(N)=O)NC(=O)[C@H](C)NC1=O. The molecule has 1 heterocycles. The maximum atomic E-state index is 14.6. The molecule has 17 N–H and O–H groups in total. The minimum Gasteiger partial charge on any atom is -0.481 e. The van der Waals surface area contributed by atoms with E-state index < -0.39 is 150 Å². The van der Waals surface area contributed by atoms with Crippen LogP contribution in [0.1, 0.15) is 125 Å². The van der Waals surface area contributed by atoms with Crippen molar-refractivity contribution in [1.29, 1.82) is 0 Å². The Balaban J connectivity index is 2.64. The standard InChI is InChI=1S/C53H88N12O13S2/c1-10-29(6)42-52(77)57-31(8)46(71)62-39(44(56)69)25-79-23-33-14-13-15-34(22-33)24-80-26-40(51(76)60-38(21-28(4)5)50(75)64-42)63-48(73)36(17-18-41(67)68)59-47(72)35(16-11-12-19-54)58-49(74)37(20-27(2)3)61-53(78)43(32(9)66)65-45(70)30(7)55/h13-15,22,27-32,35-40,42-43,66H,10-12,16-21,23-26,54-55H2,1-9H3,(H2,56,69)(H,57,77)(H,58,74)(H,59,72)(H,60,76)(H,61,78)(H,62,71)(H,63,73)(H,64,75)(H,65,70)(H,67,68)/t29-,30-,31-,32+,35-,36-,37-,38-,39-,40-,42-,43-/m0/s1. The predicted molar refractivity (Wildman–Crippen MR) is 304 cm³/mol. The molecular formula is C53H88N12O13S2. The Morgan fingerprint density at radius 2 is 1.29 bits per heavy atom. The normalized spacial score (nSPS) is 21.6. The molecule has 1 aromatic carbocycles. The number of nitrogens with two attached hydrogens (primary N) is 3. The number of carbonyl (C=O) groups is 11. The molecule has 80 heavy (non-hydrogen) atoms. The van der Waals surface area contributed by atoms with Crippen molar-refractivity contribution < 1.29 is 63.0 Å². The van der Waals surface area contributed by atoms with Crippen molar-refractivity contribution in [2.75, 3.05) is 18.1 Å². The number of primary amides is 1. The quantitative estimate of drug-likeness (QED) is 0.0517. The minimum atomic E-state index is -1.61. The summed E-state index contributed by atoms with van der Waals surface area (Å²) >= 11 is 2.57. The average Bonchev–Trinajstić information content (AvgIpc) is 3.37. The molecule has 25 nitrogen and oxygen atoms in total. The first kappa shape index (κ1) is 70.1. The summed E-state index contributed by atoms with van der Waals surface area (Å²) in [4.78, 5) is 149. The number of aliphatic hydroxyl groups is 1. The second-order valence-corrected chi connectivity index (χ2v) is 23.3. The van der Waals surface area contributed by atoms with E-state index in [2.05, 4.69) is 47.9 Å². The van der Waals surface area contributed by atoms with Crippen molar-refractivity contribution in [2.24, 2.45) is 35.0 Å². The van der Waals surface area contributed by atoms with Crippen LogP contribution in [0.25, 0.3) is 0 Å². The van der Waals surface area contributed by atoms with Crippen LogP contribution in [0.2, 0.25) is 0 Å². The van der Waals surface area contributed by atoms with E-state index in [1.54, 1.807) is 27.7 Å². The summed E-state index contributed by atoms with van der Waals surface area (Å²) in [5.74, 6) is -9.53. The van der Waals surface area contributed by atoms with Crippen LogP contribution >= 0.6 is 23.5 Å². The number of aliphatic hydroxyl groups excluding tert-OH is 1. The fourth-order valence-corrected chi connectivity index (χ4v) is 10.2. The van der Waals surface area contributed by atoms with Crippen LogP contribution in [0, 0.1) is 17.8 Å². The highest BCUT2D eigenvalue weighted by atomic mass is 32.2. The summed E-state index contributed by atoms with van der Waals surface area (Å²) in [6, 6.07) is -5.50. The van der Waals surface area contributed by atoms with Crippen molar-refractivity contribution in [2.45, 2.75) is 192 Å². The zero-order valence-corrected chi connectivity index (χ0v) is 49.2. The number of fused-ring (bicyclic) bond motifs is 2. The van der Waals surface area contributed by atoms with Gasteiger partial charge in [0.05, 0.1) is 12.1 Å². The van der Waals surface area contributed by atoms with Crippen molar-refractivity contribution in [3.8, 4) is 0 Å². The third kappa shape index (κ3) is 25.2. The van der Waals surface area contributed by atoms with Gasteiger partial charge in [-0.3, -0.25) is 52.7 Å². The Kier molecular flexibility index (Phi) is 31.2. The van der Waals surface area contributed by atoms with Crippen LogP contribution in [-0.2, 0) is 64.2 Å². The van der Waals surface area contributed by atoms with E-state index in [0.29, 0.717) is 30.8 Å². The lowest BCUT2D eigenvalue weighted by molar-refractivity contribution is -0.139. The molecule has 0 saturated carbocycles. The van der Waals surface area contributed by atoms with Crippen LogP contribution < -0.4 is 65.1 Å². The number of amides is 10. The number of benzene rings is 1. The number of hydrogen-bond acceptors (Lipinski definition) is 16. The van der Waals surface area contributed by atoms with Crippen LogP contribution in [0.3, 0.4) is 0 Å². The van der Waals surface area contributed by atoms with Gasteiger partial charge in [-0.2, -0.15) is 23.5 Å². The van der Waals surface area contributed by atoms with Gasteiger partial charge in [0.1, 0.15) is 54.4 Å². The van der Waals surface area contributed by atoms with Gasteiger partial charge >= 0.3 is 5.97 Å². The summed E-state index contributed by atoms with van der Waals surface area (Å²) in [7, 11) is 0. The van der Waals surface area contributed by atoms with E-state index in [-0.39, 0.29) is 49.1 Å². The zero-order chi connectivity index (χ0) is 60.4. The van der Waals surface area contributed by atoms with Crippen molar-refractivity contribution in [3.63, 3.8) is 0 Å². The molecule has 0 unspecified atom stereocenters. The molecule has 2 rings (SSSR count). The molecule has 1 aromatic rings. The highest BCUT2D eigenvalue weighted by Gasteiger charge is 2.37. The first-order valence-corrected chi connectivity index (χ1v) is 29.5. The number of hydrogen-bond donors (Lipinski definition) is 14. The molecule has 0 aromatic heterocycles. The third-order valence-electron chi connectivity index (χ3n) is 13.0. The van der Waals surface area contributed by atoms with Gasteiger partial charge in [-0.15, -0.1) is 0 Å². The summed E-state index contributed by atoms with van der Waals surface area (Å²) in [6.07, 6.45) is -1.27. The molecule has 10 amide bonds. The number of carbonyl (C=O) groups excluding carboxylic acids is 10. The van der Waals surface area contributed by atoms with E-state index in [0.717, 1.165) is 11.1 Å². The van der Waals surface area contributed by atoms with Gasteiger partial charge < -0.3 is 75.3 Å². The van der Waals surface area contributed by atoms with Crippen LogP contribution in [-0.4, -0.2) is 160 Å². The lowest BCUT2D eigenvalue weighted by atomic mass is 9.96. The van der Waals surface area contributed by atoms with Crippen molar-refractivity contribution in [1.82, 2.24) is 47.9 Å². The van der Waals surface area contributed by atoms with Crippen LogP contribution in [0.5, 0.6) is 0 Å². The molecular weight excluding hydrogens is 1080 g/mol. The Bertz CT molecular complexity index is 2270. The second-order valence-electron chi connectivity index (χ2n) is 21.2. The maximum absolute atomic E-state index is 14.6. The van der Waals surface area contributed by atoms with E-state index in [1.807, 2.05) is 38.1 Å². The first-order chi connectivity index (χ1) is 37.6. The maximum Gasteiger partial charge on any atom is 0.303 e. The fraction of sp³-hybridized carbons (Fsp3) is 0.679. The highest BCUT2D eigenvalue weighted by molar-refractivity contribution is 7.98. The summed E-state index contributed by atoms with van der Waals surface area (Å²) in [6.45, 7) is 15.0. The number of carboxylic acid groups (broad SMARTS) is 1. The van der Waals surface area contributed by atoms with E-state index in [9.17, 15) is 63.0 Å². The number of aliphatic carboxylic acids is 1. The molecule has 0 saturated heterocycles. The average molecular weight is 1170 g/mol. The number of nitrogens with one attached hydrogen (secondary N) is 9. The summed E-state index contributed by atoms with van der Waals surface area (Å²) in [5, 5.41) is 43.7. The predicted octanol–water partition coefficient (Wildman–Crippen LogP) is -1.10. The van der Waals surface area contributed by atoms with Gasteiger partial charge in [-0.1, -0.05) is 72.2 Å². The Hall–Kier alpha value is -6.03. The smallest absolute Gasteiger partial charge is 0.303 e.